The number of carbonyl (C=O) groups excluding carboxylic acids is 1. The topological polar surface area (TPSA) is 87.8 Å². The molecular formula is C26H29N3O3. The van der Waals surface area contributed by atoms with Crippen molar-refractivity contribution in [1.29, 1.82) is 0 Å². The standard InChI is InChI=1S/C26H29N3O3/c1-29(16-18-8-4-2-5-9-18)22-14-12-20-21(25(22)30)13-15-23(24(20)28-26(27)31)32-17-19-10-6-3-7-11-19/h2-11,13,15,22,25,30H,12,14,16-17H2,1H3,(H3,27,28,31)/t22-,25-/m0/s1. The number of carbonyl (C=O) groups is 1. The molecule has 0 saturated carbocycles. The number of amides is 2. The molecule has 2 amide bonds. The first-order valence-corrected chi connectivity index (χ1v) is 10.8. The maximum atomic E-state index is 11.7. The zero-order valence-electron chi connectivity index (χ0n) is 18.2. The van der Waals surface area contributed by atoms with Crippen molar-refractivity contribution in [3.05, 3.63) is 95.1 Å². The first kappa shape index (κ1) is 21.9. The number of anilines is 1. The molecule has 0 unspecified atom stereocenters. The van der Waals surface area contributed by atoms with Gasteiger partial charge in [0.1, 0.15) is 12.4 Å². The molecule has 0 radical (unpaired) electrons. The van der Waals surface area contributed by atoms with Gasteiger partial charge in [-0.2, -0.15) is 0 Å². The predicted molar refractivity (Wildman–Crippen MR) is 125 cm³/mol. The summed E-state index contributed by atoms with van der Waals surface area (Å²) in [7, 11) is 2.03. The molecule has 4 N–H and O–H groups in total. The fourth-order valence-electron chi connectivity index (χ4n) is 4.41. The van der Waals surface area contributed by atoms with Crippen LogP contribution in [0.15, 0.2) is 72.8 Å². The third-order valence-corrected chi connectivity index (χ3v) is 6.01. The average molecular weight is 432 g/mol. The molecule has 32 heavy (non-hydrogen) atoms. The van der Waals surface area contributed by atoms with Crippen molar-refractivity contribution in [3.8, 4) is 5.75 Å². The molecule has 0 aliphatic heterocycles. The number of nitrogens with zero attached hydrogens (tertiary/aromatic N) is 1. The molecule has 1 aliphatic rings. The van der Waals surface area contributed by atoms with E-state index in [9.17, 15) is 9.90 Å². The quantitative estimate of drug-likeness (QED) is 0.522. The van der Waals surface area contributed by atoms with E-state index in [2.05, 4.69) is 22.3 Å². The minimum Gasteiger partial charge on any atom is -0.487 e. The molecule has 4 rings (SSSR count). The van der Waals surface area contributed by atoms with Crippen LogP contribution in [0.5, 0.6) is 5.75 Å². The molecule has 3 aromatic rings. The van der Waals surface area contributed by atoms with Gasteiger partial charge in [0.05, 0.1) is 11.8 Å². The van der Waals surface area contributed by atoms with E-state index in [-0.39, 0.29) is 6.04 Å². The van der Waals surface area contributed by atoms with Crippen LogP contribution < -0.4 is 15.8 Å². The van der Waals surface area contributed by atoms with Gasteiger partial charge >= 0.3 is 6.03 Å². The van der Waals surface area contributed by atoms with E-state index in [1.165, 1.54) is 5.56 Å². The predicted octanol–water partition coefficient (Wildman–Crippen LogP) is 4.24. The molecule has 0 heterocycles. The first-order valence-electron chi connectivity index (χ1n) is 10.8. The van der Waals surface area contributed by atoms with Crippen LogP contribution in [0.4, 0.5) is 10.5 Å². The number of aliphatic hydroxyl groups excluding tert-OH is 1. The Morgan fingerprint density at radius 2 is 1.72 bits per heavy atom. The molecule has 3 aromatic carbocycles. The molecular weight excluding hydrogens is 402 g/mol. The molecule has 1 aliphatic carbocycles. The molecule has 0 spiro atoms. The number of nitrogens with two attached hydrogens (primary N) is 1. The Morgan fingerprint density at radius 1 is 1.06 bits per heavy atom. The second-order valence-electron chi connectivity index (χ2n) is 8.22. The van der Waals surface area contributed by atoms with Gasteiger partial charge in [-0.25, -0.2) is 4.79 Å². The number of nitrogens with one attached hydrogen (secondary N) is 1. The minimum absolute atomic E-state index is 0.0276. The van der Waals surface area contributed by atoms with Crippen molar-refractivity contribution >= 4 is 11.7 Å². The molecule has 0 saturated heterocycles. The van der Waals surface area contributed by atoms with Gasteiger partial charge in [0.25, 0.3) is 0 Å². The fourth-order valence-corrected chi connectivity index (χ4v) is 4.41. The molecule has 6 heteroatoms. The van der Waals surface area contributed by atoms with Crippen molar-refractivity contribution in [1.82, 2.24) is 4.90 Å². The van der Waals surface area contributed by atoms with E-state index in [0.29, 0.717) is 24.5 Å². The SMILES string of the molecule is CN(Cc1ccccc1)[C@H]1CCc2c(ccc(OCc3ccccc3)c2NC(N)=O)[C@@H]1O. The summed E-state index contributed by atoms with van der Waals surface area (Å²) in [6.07, 6.45) is 0.783. The van der Waals surface area contributed by atoms with Crippen LogP contribution in [0.1, 0.15) is 34.8 Å². The van der Waals surface area contributed by atoms with Gasteiger partial charge in [-0.15, -0.1) is 0 Å². The summed E-state index contributed by atoms with van der Waals surface area (Å²) in [6.45, 7) is 1.13. The number of hydrogen-bond donors (Lipinski definition) is 3. The highest BCUT2D eigenvalue weighted by molar-refractivity contribution is 5.91. The number of ether oxygens (including phenoxy) is 1. The molecule has 0 fully saturated rings. The van der Waals surface area contributed by atoms with Crippen molar-refractivity contribution in [2.24, 2.45) is 5.73 Å². The average Bonchev–Trinajstić information content (AvgIpc) is 2.80. The third-order valence-electron chi connectivity index (χ3n) is 6.01. The van der Waals surface area contributed by atoms with Crippen LogP contribution in [0.3, 0.4) is 0 Å². The Balaban J connectivity index is 1.56. The number of benzene rings is 3. The van der Waals surface area contributed by atoms with Crippen LogP contribution in [0, 0.1) is 0 Å². The van der Waals surface area contributed by atoms with E-state index < -0.39 is 12.1 Å². The van der Waals surface area contributed by atoms with Crippen molar-refractivity contribution < 1.29 is 14.6 Å². The minimum atomic E-state index is -0.677. The smallest absolute Gasteiger partial charge is 0.316 e. The van der Waals surface area contributed by atoms with Gasteiger partial charge in [-0.3, -0.25) is 4.90 Å². The number of likely N-dealkylation sites (N-methyl/N-ethyl adjacent to an activating group) is 1. The summed E-state index contributed by atoms with van der Waals surface area (Å²) >= 11 is 0. The van der Waals surface area contributed by atoms with Crippen LogP contribution in [0.25, 0.3) is 0 Å². The lowest BCUT2D eigenvalue weighted by atomic mass is 9.83. The highest BCUT2D eigenvalue weighted by atomic mass is 16.5. The Bertz CT molecular complexity index is 1060. The van der Waals surface area contributed by atoms with Gasteiger partial charge < -0.3 is 20.9 Å². The van der Waals surface area contributed by atoms with Crippen LogP contribution >= 0.6 is 0 Å². The Labute approximate surface area is 188 Å². The lowest BCUT2D eigenvalue weighted by Gasteiger charge is -2.37. The summed E-state index contributed by atoms with van der Waals surface area (Å²) in [5.74, 6) is 0.551. The summed E-state index contributed by atoms with van der Waals surface area (Å²) in [4.78, 5) is 13.9. The second-order valence-corrected chi connectivity index (χ2v) is 8.22. The number of aliphatic hydroxyl groups is 1. The maximum Gasteiger partial charge on any atom is 0.316 e. The molecule has 2 atom stereocenters. The number of urea groups is 1. The normalized spacial score (nSPS) is 17.6. The summed E-state index contributed by atoms with van der Waals surface area (Å²) in [6, 6.07) is 23.1. The number of rotatable bonds is 7. The zero-order valence-corrected chi connectivity index (χ0v) is 18.2. The van der Waals surface area contributed by atoms with Gasteiger partial charge in [0.15, 0.2) is 0 Å². The van der Waals surface area contributed by atoms with E-state index in [1.807, 2.05) is 61.6 Å². The van der Waals surface area contributed by atoms with Gasteiger partial charge in [0.2, 0.25) is 0 Å². The Hall–Kier alpha value is -3.35. The van der Waals surface area contributed by atoms with E-state index in [4.69, 9.17) is 10.5 Å². The largest absolute Gasteiger partial charge is 0.487 e. The van der Waals surface area contributed by atoms with Crippen molar-refractivity contribution in [2.75, 3.05) is 12.4 Å². The lowest BCUT2D eigenvalue weighted by Crippen LogP contribution is -2.39. The van der Waals surface area contributed by atoms with Crippen LogP contribution in [-0.4, -0.2) is 29.1 Å². The van der Waals surface area contributed by atoms with E-state index >= 15 is 0 Å². The fraction of sp³-hybridized carbons (Fsp3) is 0.269. The maximum absolute atomic E-state index is 11.7. The Kier molecular flexibility index (Phi) is 6.73. The highest BCUT2D eigenvalue weighted by Crippen LogP contribution is 2.41. The molecule has 0 aromatic heterocycles. The van der Waals surface area contributed by atoms with Crippen LogP contribution in [-0.2, 0) is 19.6 Å². The third kappa shape index (κ3) is 4.93. The second kappa shape index (κ2) is 9.85. The molecule has 166 valence electrons. The zero-order chi connectivity index (χ0) is 22.5. The summed E-state index contributed by atoms with van der Waals surface area (Å²) in [5, 5.41) is 13.9. The van der Waals surface area contributed by atoms with Gasteiger partial charge in [-0.05, 0) is 48.2 Å². The molecule has 0 bridgehead atoms. The monoisotopic (exact) mass is 431 g/mol. The lowest BCUT2D eigenvalue weighted by molar-refractivity contribution is 0.0462. The summed E-state index contributed by atoms with van der Waals surface area (Å²) in [5.41, 5.74) is 9.92. The van der Waals surface area contributed by atoms with Gasteiger partial charge in [0, 0.05) is 12.6 Å². The Morgan fingerprint density at radius 3 is 2.38 bits per heavy atom. The number of hydrogen-bond acceptors (Lipinski definition) is 4. The van der Waals surface area contributed by atoms with Crippen molar-refractivity contribution in [2.45, 2.75) is 38.1 Å². The highest BCUT2D eigenvalue weighted by Gasteiger charge is 2.33. The van der Waals surface area contributed by atoms with Gasteiger partial charge in [-0.1, -0.05) is 66.7 Å². The van der Waals surface area contributed by atoms with Crippen LogP contribution in [0.2, 0.25) is 0 Å². The number of primary amides is 1. The first-order chi connectivity index (χ1) is 15.5. The number of fused-ring (bicyclic) bond motifs is 1. The summed E-state index contributed by atoms with van der Waals surface area (Å²) < 4.78 is 6.02. The van der Waals surface area contributed by atoms with E-state index in [1.54, 1.807) is 6.07 Å². The molecule has 6 nitrogen and oxygen atoms in total. The van der Waals surface area contributed by atoms with Crippen molar-refractivity contribution in [3.63, 3.8) is 0 Å². The van der Waals surface area contributed by atoms with E-state index in [0.717, 1.165) is 29.7 Å².